The van der Waals surface area contributed by atoms with Crippen molar-refractivity contribution in [2.24, 2.45) is 5.73 Å². The van der Waals surface area contributed by atoms with E-state index in [9.17, 15) is 0 Å². The molecule has 0 bridgehead atoms. The maximum absolute atomic E-state index is 6.11. The van der Waals surface area contributed by atoms with Gasteiger partial charge in [0.2, 0.25) is 0 Å². The van der Waals surface area contributed by atoms with E-state index in [-0.39, 0.29) is 5.54 Å². The van der Waals surface area contributed by atoms with Gasteiger partial charge in [-0.05, 0) is 13.3 Å². The highest BCUT2D eigenvalue weighted by Crippen LogP contribution is 2.27. The van der Waals surface area contributed by atoms with Gasteiger partial charge in [0.05, 0.1) is 0 Å². The Morgan fingerprint density at radius 3 is 2.00 bits per heavy atom. The van der Waals surface area contributed by atoms with Crippen LogP contribution >= 0.6 is 11.8 Å². The second-order valence-corrected chi connectivity index (χ2v) is 6.61. The highest BCUT2D eigenvalue weighted by atomic mass is 32.2. The third kappa shape index (κ3) is 6.99. The molecule has 0 radical (unpaired) electrons. The maximum Gasteiger partial charge on any atom is 0.0217 e. The van der Waals surface area contributed by atoms with Crippen molar-refractivity contribution in [1.29, 1.82) is 0 Å². The standard InChI is InChI=1S/C10H23NS/c1-6-7-10(5,11)8-12-9(2,3)4/h6-8,11H2,1-5H3/t10-/m0/s1. The average molecular weight is 189 g/mol. The van der Waals surface area contributed by atoms with E-state index < -0.39 is 0 Å². The van der Waals surface area contributed by atoms with Gasteiger partial charge >= 0.3 is 0 Å². The van der Waals surface area contributed by atoms with E-state index in [0.29, 0.717) is 4.75 Å². The SMILES string of the molecule is CCC[C@](C)(N)CSC(C)(C)C. The fourth-order valence-corrected chi connectivity index (χ4v) is 1.93. The largest absolute Gasteiger partial charge is 0.325 e. The molecular formula is C10H23NS. The highest BCUT2D eigenvalue weighted by Gasteiger charge is 2.21. The second-order valence-electron chi connectivity index (χ2n) is 4.81. The highest BCUT2D eigenvalue weighted by molar-refractivity contribution is 8.00. The Hall–Kier alpha value is 0.310. The van der Waals surface area contributed by atoms with Crippen LogP contribution in [0.25, 0.3) is 0 Å². The molecule has 1 nitrogen and oxygen atoms in total. The lowest BCUT2D eigenvalue weighted by atomic mass is 10.0. The molecule has 0 aromatic rings. The van der Waals surface area contributed by atoms with Crippen LogP contribution in [0.5, 0.6) is 0 Å². The van der Waals surface area contributed by atoms with E-state index in [1.54, 1.807) is 0 Å². The van der Waals surface area contributed by atoms with E-state index in [0.717, 1.165) is 12.2 Å². The molecule has 0 aliphatic heterocycles. The predicted octanol–water partition coefficient (Wildman–Crippen LogP) is 3.04. The summed E-state index contributed by atoms with van der Waals surface area (Å²) in [6.45, 7) is 11.0. The zero-order chi connectivity index (χ0) is 9.83. The van der Waals surface area contributed by atoms with Crippen molar-refractivity contribution in [2.75, 3.05) is 5.75 Å². The summed E-state index contributed by atoms with van der Waals surface area (Å²) in [5.41, 5.74) is 6.13. The molecule has 2 heteroatoms. The molecule has 0 heterocycles. The van der Waals surface area contributed by atoms with Gasteiger partial charge in [-0.15, -0.1) is 0 Å². The second kappa shape index (κ2) is 4.52. The van der Waals surface area contributed by atoms with E-state index in [4.69, 9.17) is 5.73 Å². The van der Waals surface area contributed by atoms with Gasteiger partial charge in [0.25, 0.3) is 0 Å². The van der Waals surface area contributed by atoms with Crippen LogP contribution in [-0.2, 0) is 0 Å². The van der Waals surface area contributed by atoms with Crippen molar-refractivity contribution >= 4 is 11.8 Å². The average Bonchev–Trinajstić information content (AvgIpc) is 1.83. The molecule has 0 aliphatic carbocycles. The fourth-order valence-electron chi connectivity index (χ4n) is 1.02. The quantitative estimate of drug-likeness (QED) is 0.735. The van der Waals surface area contributed by atoms with Crippen LogP contribution in [0.15, 0.2) is 0 Å². The summed E-state index contributed by atoms with van der Waals surface area (Å²) >= 11 is 1.96. The molecule has 0 saturated carbocycles. The number of hydrogen-bond donors (Lipinski definition) is 1. The summed E-state index contributed by atoms with van der Waals surface area (Å²) in [6.07, 6.45) is 2.30. The van der Waals surface area contributed by atoms with Crippen molar-refractivity contribution in [2.45, 2.75) is 57.7 Å². The van der Waals surface area contributed by atoms with Crippen LogP contribution < -0.4 is 5.73 Å². The van der Waals surface area contributed by atoms with E-state index in [1.807, 2.05) is 11.8 Å². The Bertz CT molecular complexity index is 124. The van der Waals surface area contributed by atoms with E-state index in [1.165, 1.54) is 6.42 Å². The smallest absolute Gasteiger partial charge is 0.0217 e. The maximum atomic E-state index is 6.11. The molecule has 0 fully saturated rings. The lowest BCUT2D eigenvalue weighted by Crippen LogP contribution is -2.39. The predicted molar refractivity (Wildman–Crippen MR) is 59.7 cm³/mol. The summed E-state index contributed by atoms with van der Waals surface area (Å²) < 4.78 is 0.342. The van der Waals surface area contributed by atoms with Crippen molar-refractivity contribution in [3.63, 3.8) is 0 Å². The lowest BCUT2D eigenvalue weighted by molar-refractivity contribution is 0.477. The minimum Gasteiger partial charge on any atom is -0.325 e. The summed E-state index contributed by atoms with van der Waals surface area (Å²) in [6, 6.07) is 0. The fraction of sp³-hybridized carbons (Fsp3) is 1.00. The van der Waals surface area contributed by atoms with Gasteiger partial charge in [0.1, 0.15) is 0 Å². The Morgan fingerprint density at radius 1 is 1.17 bits per heavy atom. The Morgan fingerprint density at radius 2 is 1.67 bits per heavy atom. The van der Waals surface area contributed by atoms with E-state index in [2.05, 4.69) is 34.6 Å². The van der Waals surface area contributed by atoms with Gasteiger partial charge in [0, 0.05) is 16.0 Å². The number of hydrogen-bond acceptors (Lipinski definition) is 2. The minimum absolute atomic E-state index is 0.0205. The first-order valence-corrected chi connectivity index (χ1v) is 5.68. The van der Waals surface area contributed by atoms with Crippen molar-refractivity contribution in [3.05, 3.63) is 0 Å². The normalized spacial score (nSPS) is 17.5. The summed E-state index contributed by atoms with van der Waals surface area (Å²) in [4.78, 5) is 0. The topological polar surface area (TPSA) is 26.0 Å². The van der Waals surface area contributed by atoms with Crippen molar-refractivity contribution in [1.82, 2.24) is 0 Å². The van der Waals surface area contributed by atoms with Crippen LogP contribution in [-0.4, -0.2) is 16.0 Å². The van der Waals surface area contributed by atoms with E-state index >= 15 is 0 Å². The Labute approximate surface area is 81.5 Å². The summed E-state index contributed by atoms with van der Waals surface area (Å²) in [5, 5.41) is 0. The zero-order valence-corrected chi connectivity index (χ0v) is 9.92. The molecular weight excluding hydrogens is 166 g/mol. The van der Waals surface area contributed by atoms with Crippen LogP contribution in [0.4, 0.5) is 0 Å². The van der Waals surface area contributed by atoms with Crippen LogP contribution in [0.3, 0.4) is 0 Å². The molecule has 0 aliphatic rings. The third-order valence-electron chi connectivity index (χ3n) is 1.66. The molecule has 0 saturated heterocycles. The van der Waals surface area contributed by atoms with Gasteiger partial charge in [0.15, 0.2) is 0 Å². The van der Waals surface area contributed by atoms with Gasteiger partial charge < -0.3 is 5.73 Å². The Kier molecular flexibility index (Phi) is 4.64. The molecule has 0 aromatic carbocycles. The molecule has 0 spiro atoms. The Balaban J connectivity index is 3.75. The third-order valence-corrected chi connectivity index (χ3v) is 3.33. The van der Waals surface area contributed by atoms with Crippen molar-refractivity contribution < 1.29 is 0 Å². The monoisotopic (exact) mass is 189 g/mol. The van der Waals surface area contributed by atoms with Gasteiger partial charge in [-0.2, -0.15) is 11.8 Å². The number of nitrogens with two attached hydrogens (primary N) is 1. The first-order chi connectivity index (χ1) is 5.27. The molecule has 1 atom stereocenters. The molecule has 0 amide bonds. The summed E-state index contributed by atoms with van der Waals surface area (Å²) in [5.74, 6) is 1.06. The first kappa shape index (κ1) is 12.3. The molecule has 2 N–H and O–H groups in total. The zero-order valence-electron chi connectivity index (χ0n) is 9.11. The van der Waals surface area contributed by atoms with Crippen molar-refractivity contribution in [3.8, 4) is 0 Å². The molecule has 0 aromatic heterocycles. The van der Waals surface area contributed by atoms with Crippen LogP contribution in [0.2, 0.25) is 0 Å². The van der Waals surface area contributed by atoms with Gasteiger partial charge in [-0.25, -0.2) is 0 Å². The first-order valence-electron chi connectivity index (χ1n) is 4.70. The minimum atomic E-state index is 0.0205. The molecule has 0 unspecified atom stereocenters. The lowest BCUT2D eigenvalue weighted by Gasteiger charge is -2.28. The van der Waals surface area contributed by atoms with Gasteiger partial charge in [-0.3, -0.25) is 0 Å². The molecule has 0 rings (SSSR count). The number of rotatable bonds is 4. The number of thioether (sulfide) groups is 1. The molecule has 12 heavy (non-hydrogen) atoms. The molecule has 74 valence electrons. The van der Waals surface area contributed by atoms with Gasteiger partial charge in [-0.1, -0.05) is 34.1 Å². The van der Waals surface area contributed by atoms with Crippen LogP contribution in [0.1, 0.15) is 47.5 Å². The summed E-state index contributed by atoms with van der Waals surface area (Å²) in [7, 11) is 0. The van der Waals surface area contributed by atoms with Crippen LogP contribution in [0, 0.1) is 0 Å².